The van der Waals surface area contributed by atoms with Crippen molar-refractivity contribution in [3.05, 3.63) is 23.3 Å². The van der Waals surface area contributed by atoms with Crippen molar-refractivity contribution in [3.63, 3.8) is 0 Å². The summed E-state index contributed by atoms with van der Waals surface area (Å²) in [5.41, 5.74) is 1.36. The van der Waals surface area contributed by atoms with Gasteiger partial charge in [-0.1, -0.05) is 20.8 Å². The van der Waals surface area contributed by atoms with E-state index in [9.17, 15) is 14.7 Å². The van der Waals surface area contributed by atoms with Crippen molar-refractivity contribution in [2.45, 2.75) is 72.1 Å². The van der Waals surface area contributed by atoms with Crippen molar-refractivity contribution in [3.8, 4) is 0 Å². The van der Waals surface area contributed by atoms with Crippen LogP contribution >= 0.6 is 0 Å². The van der Waals surface area contributed by atoms with Gasteiger partial charge in [0.05, 0.1) is 19.0 Å². The summed E-state index contributed by atoms with van der Waals surface area (Å²) in [5.74, 6) is 0.662. The van der Waals surface area contributed by atoms with Crippen LogP contribution in [0.4, 0.5) is 0 Å². The van der Waals surface area contributed by atoms with Gasteiger partial charge < -0.3 is 15.3 Å². The van der Waals surface area contributed by atoms with Crippen LogP contribution in [-0.2, 0) is 19.3 Å². The van der Waals surface area contributed by atoms with Gasteiger partial charge in [-0.3, -0.25) is 14.4 Å². The minimum Gasteiger partial charge on any atom is -0.514 e. The number of aliphatic hydroxyl groups is 1. The molecule has 0 aromatic heterocycles. The van der Waals surface area contributed by atoms with Gasteiger partial charge in [0, 0.05) is 31.7 Å². The van der Waals surface area contributed by atoms with Crippen molar-refractivity contribution in [1.82, 2.24) is 15.4 Å². The van der Waals surface area contributed by atoms with Crippen LogP contribution in [0.1, 0.15) is 72.1 Å². The molecule has 2 amide bonds. The molecule has 0 spiro atoms. The second kappa shape index (κ2) is 10.6. The number of nitrogens with zero attached hydrogens (tertiary/aromatic N) is 2. The van der Waals surface area contributed by atoms with Gasteiger partial charge in [-0.15, -0.1) is 5.06 Å². The molecule has 1 saturated carbocycles. The first kappa shape index (κ1) is 23.2. The van der Waals surface area contributed by atoms with Crippen molar-refractivity contribution in [1.29, 1.82) is 0 Å². The van der Waals surface area contributed by atoms with Gasteiger partial charge in [-0.05, 0) is 37.7 Å². The summed E-state index contributed by atoms with van der Waals surface area (Å²) < 4.78 is 0. The highest BCUT2D eigenvalue weighted by Gasteiger charge is 2.36. The summed E-state index contributed by atoms with van der Waals surface area (Å²) in [6, 6.07) is 0. The maximum Gasteiger partial charge on any atom is 0.260 e. The Morgan fingerprint density at radius 3 is 2.62 bits per heavy atom. The zero-order valence-corrected chi connectivity index (χ0v) is 18.1. The summed E-state index contributed by atoms with van der Waals surface area (Å²) >= 11 is 0. The number of hydroxylamine groups is 4. The van der Waals surface area contributed by atoms with Crippen LogP contribution in [0.3, 0.4) is 0 Å². The van der Waals surface area contributed by atoms with Crippen molar-refractivity contribution in [2.75, 3.05) is 20.3 Å². The molecule has 1 aliphatic heterocycles. The van der Waals surface area contributed by atoms with E-state index in [1.165, 1.54) is 10.6 Å². The number of allylic oxidation sites excluding steroid dienone is 3. The average molecular weight is 410 g/mol. The van der Waals surface area contributed by atoms with E-state index in [1.54, 1.807) is 12.1 Å². The molecule has 164 valence electrons. The van der Waals surface area contributed by atoms with Crippen LogP contribution in [0, 0.1) is 5.41 Å². The molecule has 0 aromatic carbocycles. The summed E-state index contributed by atoms with van der Waals surface area (Å²) in [6.45, 7) is 6.89. The lowest BCUT2D eigenvalue weighted by molar-refractivity contribution is -0.167. The van der Waals surface area contributed by atoms with Gasteiger partial charge in [0.15, 0.2) is 0 Å². The Morgan fingerprint density at radius 1 is 1.31 bits per heavy atom. The largest absolute Gasteiger partial charge is 0.514 e. The van der Waals surface area contributed by atoms with E-state index in [-0.39, 0.29) is 17.2 Å². The fraction of sp³-hybridized carbons (Fsp3) is 0.714. The Bertz CT molecular complexity index is 651. The van der Waals surface area contributed by atoms with E-state index in [4.69, 9.17) is 9.68 Å². The SMILES string of the molecule is CCCC(=O)NCN(C)OCCC(C)(C)C(ON1C(=O)CC/C1=C/O)=C1CCC1. The Kier molecular flexibility index (Phi) is 8.52. The van der Waals surface area contributed by atoms with E-state index in [0.29, 0.717) is 44.7 Å². The fourth-order valence-electron chi connectivity index (χ4n) is 3.29. The first-order chi connectivity index (χ1) is 13.8. The molecule has 2 rings (SSSR count). The number of rotatable bonds is 11. The van der Waals surface area contributed by atoms with Gasteiger partial charge in [-0.2, -0.15) is 5.06 Å². The Hall–Kier alpha value is -2.06. The molecule has 2 fully saturated rings. The van der Waals surface area contributed by atoms with Crippen LogP contribution < -0.4 is 5.32 Å². The van der Waals surface area contributed by atoms with Crippen LogP contribution in [0.5, 0.6) is 0 Å². The average Bonchev–Trinajstić information content (AvgIpc) is 2.98. The van der Waals surface area contributed by atoms with Crippen LogP contribution in [-0.4, -0.2) is 47.4 Å². The Balaban J connectivity index is 1.92. The highest BCUT2D eigenvalue weighted by Crippen LogP contribution is 2.42. The minimum atomic E-state index is -0.342. The van der Waals surface area contributed by atoms with Crippen molar-refractivity contribution >= 4 is 11.8 Å². The molecule has 1 heterocycles. The van der Waals surface area contributed by atoms with Gasteiger partial charge in [0.25, 0.3) is 5.91 Å². The third-order valence-corrected chi connectivity index (χ3v) is 5.32. The first-order valence-electron chi connectivity index (χ1n) is 10.5. The maximum atomic E-state index is 12.2. The predicted octanol–water partition coefficient (Wildman–Crippen LogP) is 3.53. The molecule has 2 aliphatic rings. The lowest BCUT2D eigenvalue weighted by atomic mass is 9.79. The lowest BCUT2D eigenvalue weighted by Crippen LogP contribution is -2.36. The number of amides is 2. The molecule has 0 atom stereocenters. The third-order valence-electron chi connectivity index (χ3n) is 5.32. The van der Waals surface area contributed by atoms with Crippen LogP contribution in [0.25, 0.3) is 0 Å². The number of hydrogen-bond acceptors (Lipinski definition) is 6. The minimum absolute atomic E-state index is 0.0108. The molecule has 29 heavy (non-hydrogen) atoms. The highest BCUT2D eigenvalue weighted by molar-refractivity contribution is 5.80. The third kappa shape index (κ3) is 6.47. The Labute approximate surface area is 173 Å². The van der Waals surface area contributed by atoms with Crippen molar-refractivity contribution < 1.29 is 24.4 Å². The standard InChI is InChI=1S/C21H35N3O5/c1-5-7-18(26)22-15-23(4)28-13-12-21(2,3)20(16-8-6-9-16)29-24-17(14-25)10-11-19(24)27/h14,25H,5-13,15H2,1-4H3,(H,22,26)/b17-14-. The molecule has 0 bridgehead atoms. The summed E-state index contributed by atoms with van der Waals surface area (Å²) in [7, 11) is 1.78. The van der Waals surface area contributed by atoms with E-state index in [1.807, 2.05) is 6.92 Å². The summed E-state index contributed by atoms with van der Waals surface area (Å²) in [6.07, 6.45) is 6.82. The highest BCUT2D eigenvalue weighted by atomic mass is 16.7. The maximum absolute atomic E-state index is 12.2. The fourth-order valence-corrected chi connectivity index (χ4v) is 3.29. The number of hydrogen-bond donors (Lipinski definition) is 2. The normalized spacial score (nSPS) is 18.4. The van der Waals surface area contributed by atoms with E-state index in [0.717, 1.165) is 37.7 Å². The topological polar surface area (TPSA) is 91.3 Å². The molecule has 0 aromatic rings. The number of carbonyl (C=O) groups is 2. The van der Waals surface area contributed by atoms with Gasteiger partial charge in [0.2, 0.25) is 5.91 Å². The second-order valence-electron chi connectivity index (χ2n) is 8.29. The zero-order chi connectivity index (χ0) is 21.4. The monoisotopic (exact) mass is 409 g/mol. The van der Waals surface area contributed by atoms with Gasteiger partial charge in [0.1, 0.15) is 12.0 Å². The molecule has 0 radical (unpaired) electrons. The smallest absolute Gasteiger partial charge is 0.260 e. The van der Waals surface area contributed by atoms with Gasteiger partial charge >= 0.3 is 0 Å². The molecular weight excluding hydrogens is 374 g/mol. The van der Waals surface area contributed by atoms with E-state index < -0.39 is 0 Å². The second-order valence-corrected chi connectivity index (χ2v) is 8.29. The quantitative estimate of drug-likeness (QED) is 0.308. The number of carbonyl (C=O) groups excluding carboxylic acids is 2. The van der Waals surface area contributed by atoms with Crippen LogP contribution in [0.2, 0.25) is 0 Å². The van der Waals surface area contributed by atoms with Crippen molar-refractivity contribution in [2.24, 2.45) is 5.41 Å². The van der Waals surface area contributed by atoms with E-state index in [2.05, 4.69) is 19.2 Å². The van der Waals surface area contributed by atoms with E-state index >= 15 is 0 Å². The lowest BCUT2D eigenvalue weighted by Gasteiger charge is -2.35. The zero-order valence-electron chi connectivity index (χ0n) is 18.1. The number of aliphatic hydroxyl groups excluding tert-OH is 1. The molecule has 0 unspecified atom stereocenters. The molecule has 8 heteroatoms. The summed E-state index contributed by atoms with van der Waals surface area (Å²) in [5, 5.41) is 15.0. The van der Waals surface area contributed by atoms with Gasteiger partial charge in [-0.25, -0.2) is 0 Å². The van der Waals surface area contributed by atoms with Crippen LogP contribution in [0.15, 0.2) is 23.3 Å². The molecule has 8 nitrogen and oxygen atoms in total. The molecular formula is C21H35N3O5. The number of nitrogens with one attached hydrogen (secondary N) is 1. The molecule has 1 saturated heterocycles. The molecule has 2 N–H and O–H groups in total. The molecule has 1 aliphatic carbocycles. The predicted molar refractivity (Wildman–Crippen MR) is 109 cm³/mol. The summed E-state index contributed by atoms with van der Waals surface area (Å²) in [4.78, 5) is 35.5. The Morgan fingerprint density at radius 2 is 2.03 bits per heavy atom. The first-order valence-corrected chi connectivity index (χ1v) is 10.5.